The van der Waals surface area contributed by atoms with Crippen molar-refractivity contribution >= 4 is 29.1 Å². The van der Waals surface area contributed by atoms with E-state index < -0.39 is 6.04 Å². The number of fused-ring (bicyclic) bond motifs is 1. The summed E-state index contributed by atoms with van der Waals surface area (Å²) in [5.41, 5.74) is 10.8. The molecule has 8 heteroatoms. The number of ether oxygens (including phenoxy) is 2. The van der Waals surface area contributed by atoms with E-state index >= 15 is 0 Å². The topological polar surface area (TPSA) is 85.1 Å². The van der Waals surface area contributed by atoms with E-state index in [2.05, 4.69) is 13.8 Å². The van der Waals surface area contributed by atoms with Gasteiger partial charge < -0.3 is 25.0 Å². The third-order valence-corrected chi connectivity index (χ3v) is 9.50. The number of nitrogens with zero attached hydrogens (tertiary/aromatic N) is 2. The summed E-state index contributed by atoms with van der Waals surface area (Å²) in [5, 5.41) is 0.631. The van der Waals surface area contributed by atoms with Crippen LogP contribution in [0.25, 0.3) is 0 Å². The molecule has 1 aliphatic heterocycles. The van der Waals surface area contributed by atoms with Crippen LogP contribution in [0.5, 0.6) is 11.5 Å². The molecule has 7 nitrogen and oxygen atoms in total. The van der Waals surface area contributed by atoms with Crippen LogP contribution < -0.4 is 20.1 Å². The van der Waals surface area contributed by atoms with Crippen LogP contribution in [0.15, 0.2) is 60.7 Å². The summed E-state index contributed by atoms with van der Waals surface area (Å²) in [6.07, 6.45) is 3.60. The summed E-state index contributed by atoms with van der Waals surface area (Å²) >= 11 is 6.27. The van der Waals surface area contributed by atoms with Gasteiger partial charge in [-0.3, -0.25) is 9.59 Å². The summed E-state index contributed by atoms with van der Waals surface area (Å²) in [6, 6.07) is 19.3. The molecule has 0 spiro atoms. The van der Waals surface area contributed by atoms with E-state index in [4.69, 9.17) is 26.8 Å². The molecule has 2 aliphatic rings. The maximum absolute atomic E-state index is 13.9. The Balaban J connectivity index is 1.51. The van der Waals surface area contributed by atoms with Crippen molar-refractivity contribution in [3.63, 3.8) is 0 Å². The summed E-state index contributed by atoms with van der Waals surface area (Å²) in [6.45, 7) is 8.82. The number of benzene rings is 3. The highest BCUT2D eigenvalue weighted by Gasteiger charge is 2.37. The quantitative estimate of drug-likeness (QED) is 0.259. The second-order valence-electron chi connectivity index (χ2n) is 12.1. The minimum absolute atomic E-state index is 0.00626. The van der Waals surface area contributed by atoms with Crippen LogP contribution in [0.3, 0.4) is 0 Å². The average Bonchev–Trinajstić information content (AvgIpc) is 3.47. The summed E-state index contributed by atoms with van der Waals surface area (Å²) in [7, 11) is 1.62. The molecule has 0 aromatic heterocycles. The summed E-state index contributed by atoms with van der Waals surface area (Å²) in [5.74, 6) is 1.43. The van der Waals surface area contributed by atoms with E-state index in [9.17, 15) is 9.59 Å². The number of carbonyl (C=O) groups excluding carboxylic acids is 2. The lowest BCUT2D eigenvalue weighted by atomic mass is 9.86. The minimum atomic E-state index is -0.391. The molecule has 5 rings (SSSR count). The monoisotopic (exact) mass is 617 g/mol. The Hall–Kier alpha value is -3.55. The fourth-order valence-electron chi connectivity index (χ4n) is 6.56. The SMILES string of the molecule is CC[C@@H](C)Oc1cc2c(cc1OC)CC(=O)N(c1ccc(C(C)N(CC)C(=O)[C@H]3CC[C@@H](N)C3)cc1)C2c1ccc(Cl)cc1. The molecule has 0 saturated heterocycles. The molecule has 2 unspecified atom stereocenters. The number of carbonyl (C=O) groups is 2. The number of methoxy groups -OCH3 is 1. The van der Waals surface area contributed by atoms with Crippen molar-refractivity contribution < 1.29 is 19.1 Å². The highest BCUT2D eigenvalue weighted by molar-refractivity contribution is 6.30. The highest BCUT2D eigenvalue weighted by atomic mass is 35.5. The second kappa shape index (κ2) is 13.6. The van der Waals surface area contributed by atoms with E-state index in [0.29, 0.717) is 23.1 Å². The molecule has 2 amide bonds. The molecule has 5 atom stereocenters. The molecule has 3 aromatic rings. The third-order valence-electron chi connectivity index (χ3n) is 9.24. The van der Waals surface area contributed by atoms with E-state index in [-0.39, 0.29) is 42.3 Å². The van der Waals surface area contributed by atoms with Crippen LogP contribution in [0.4, 0.5) is 5.69 Å². The number of rotatable bonds is 10. The number of nitrogens with two attached hydrogens (primary N) is 1. The van der Waals surface area contributed by atoms with Crippen LogP contribution in [0.2, 0.25) is 5.02 Å². The molecular formula is C36H44ClN3O4. The Morgan fingerprint density at radius 3 is 2.34 bits per heavy atom. The van der Waals surface area contributed by atoms with E-state index in [1.165, 1.54) is 0 Å². The van der Waals surface area contributed by atoms with Gasteiger partial charge in [0.1, 0.15) is 0 Å². The Labute approximate surface area is 266 Å². The Kier molecular flexibility index (Phi) is 9.86. The first-order valence-corrected chi connectivity index (χ1v) is 16.1. The van der Waals surface area contributed by atoms with Gasteiger partial charge >= 0.3 is 0 Å². The smallest absolute Gasteiger partial charge is 0.232 e. The molecule has 2 N–H and O–H groups in total. The van der Waals surface area contributed by atoms with Crippen molar-refractivity contribution in [2.75, 3.05) is 18.6 Å². The van der Waals surface area contributed by atoms with Gasteiger partial charge in [0.25, 0.3) is 0 Å². The van der Waals surface area contributed by atoms with Gasteiger partial charge in [0, 0.05) is 29.2 Å². The number of anilines is 1. The molecule has 234 valence electrons. The van der Waals surface area contributed by atoms with Gasteiger partial charge in [0.15, 0.2) is 11.5 Å². The molecular weight excluding hydrogens is 574 g/mol. The van der Waals surface area contributed by atoms with E-state index in [1.807, 2.05) is 84.3 Å². The standard InChI is InChI=1S/C36H44ClN3O4/c1-6-22(3)44-33-21-31-27(19-32(33)43-5)20-34(41)40(35(31)25-8-13-28(37)14-9-25)30-16-11-24(12-17-30)23(4)39(7-2)36(42)26-10-15-29(38)18-26/h8-9,11-14,16-17,19,21-23,26,29,35H,6-7,10,15,18,20,38H2,1-5H3/t22-,23?,26+,29-,35?/m1/s1. The van der Waals surface area contributed by atoms with Gasteiger partial charge in [-0.05, 0) is 105 Å². The Morgan fingerprint density at radius 1 is 1.05 bits per heavy atom. The fourth-order valence-corrected chi connectivity index (χ4v) is 6.69. The van der Waals surface area contributed by atoms with Crippen molar-refractivity contribution in [3.8, 4) is 11.5 Å². The maximum Gasteiger partial charge on any atom is 0.232 e. The maximum atomic E-state index is 13.9. The van der Waals surface area contributed by atoms with Crippen LogP contribution in [0, 0.1) is 5.92 Å². The van der Waals surface area contributed by atoms with E-state index in [0.717, 1.165) is 53.6 Å². The molecule has 1 saturated carbocycles. The minimum Gasteiger partial charge on any atom is -0.493 e. The number of hydrogen-bond acceptors (Lipinski definition) is 5. The molecule has 1 heterocycles. The average molecular weight is 618 g/mol. The van der Waals surface area contributed by atoms with Crippen LogP contribution in [0.1, 0.15) is 87.7 Å². The van der Waals surface area contributed by atoms with Gasteiger partial charge in [-0.1, -0.05) is 42.8 Å². The predicted octanol–water partition coefficient (Wildman–Crippen LogP) is 7.24. The molecule has 1 fully saturated rings. The van der Waals surface area contributed by atoms with Crippen LogP contribution in [-0.4, -0.2) is 42.5 Å². The van der Waals surface area contributed by atoms with Crippen LogP contribution in [-0.2, 0) is 16.0 Å². The first-order valence-electron chi connectivity index (χ1n) is 15.8. The number of amides is 2. The lowest BCUT2D eigenvalue weighted by molar-refractivity contribution is -0.137. The van der Waals surface area contributed by atoms with Crippen molar-refractivity contribution in [2.45, 2.75) is 84.0 Å². The highest BCUT2D eigenvalue weighted by Crippen LogP contribution is 2.44. The number of halogens is 1. The third kappa shape index (κ3) is 6.45. The largest absolute Gasteiger partial charge is 0.493 e. The van der Waals surface area contributed by atoms with Crippen LogP contribution >= 0.6 is 11.6 Å². The molecule has 44 heavy (non-hydrogen) atoms. The van der Waals surface area contributed by atoms with E-state index in [1.54, 1.807) is 7.11 Å². The Bertz CT molecular complexity index is 1480. The van der Waals surface area contributed by atoms with Gasteiger partial charge in [0.2, 0.25) is 11.8 Å². The summed E-state index contributed by atoms with van der Waals surface area (Å²) < 4.78 is 11.9. The molecule has 1 aliphatic carbocycles. The predicted molar refractivity (Wildman–Crippen MR) is 175 cm³/mol. The lowest BCUT2D eigenvalue weighted by Gasteiger charge is -2.38. The van der Waals surface area contributed by atoms with Gasteiger partial charge in [-0.2, -0.15) is 0 Å². The van der Waals surface area contributed by atoms with Crippen molar-refractivity contribution in [2.24, 2.45) is 11.7 Å². The summed E-state index contributed by atoms with van der Waals surface area (Å²) in [4.78, 5) is 31.1. The van der Waals surface area contributed by atoms with Crippen molar-refractivity contribution in [1.82, 2.24) is 4.90 Å². The molecule has 0 bridgehead atoms. The Morgan fingerprint density at radius 2 is 1.75 bits per heavy atom. The van der Waals surface area contributed by atoms with Crippen molar-refractivity contribution in [1.29, 1.82) is 0 Å². The first kappa shape index (κ1) is 31.9. The lowest BCUT2D eigenvalue weighted by Crippen LogP contribution is -2.41. The normalized spacial score (nSPS) is 21.0. The van der Waals surface area contributed by atoms with Gasteiger partial charge in [0.05, 0.1) is 31.7 Å². The van der Waals surface area contributed by atoms with Gasteiger partial charge in [-0.15, -0.1) is 0 Å². The molecule has 3 aromatic carbocycles. The van der Waals surface area contributed by atoms with Gasteiger partial charge in [-0.25, -0.2) is 0 Å². The second-order valence-corrected chi connectivity index (χ2v) is 12.5. The van der Waals surface area contributed by atoms with Crippen molar-refractivity contribution in [3.05, 3.63) is 87.9 Å². The number of hydrogen-bond donors (Lipinski definition) is 1. The first-order chi connectivity index (χ1) is 21.1. The fraction of sp³-hybridized carbons (Fsp3) is 0.444. The molecule has 0 radical (unpaired) electrons. The zero-order valence-corrected chi connectivity index (χ0v) is 27.1. The zero-order valence-electron chi connectivity index (χ0n) is 26.4. The zero-order chi connectivity index (χ0) is 31.5.